The Bertz CT molecular complexity index is 1260. The molecule has 0 bridgehead atoms. The van der Waals surface area contributed by atoms with E-state index >= 15 is 0 Å². The zero-order chi connectivity index (χ0) is 24.7. The Balaban J connectivity index is 1.88. The maximum absolute atomic E-state index is 13.2. The summed E-state index contributed by atoms with van der Waals surface area (Å²) in [6.45, 7) is 0. The van der Waals surface area contributed by atoms with Gasteiger partial charge in [0.25, 0.3) is 0 Å². The normalized spacial score (nSPS) is 12.0. The van der Waals surface area contributed by atoms with Gasteiger partial charge in [-0.1, -0.05) is 41.9 Å². The summed E-state index contributed by atoms with van der Waals surface area (Å²) >= 11 is 6.00. The predicted octanol–water partition coefficient (Wildman–Crippen LogP) is 3.66. The van der Waals surface area contributed by atoms with E-state index in [1.54, 1.807) is 24.3 Å². The molecule has 0 saturated carbocycles. The van der Waals surface area contributed by atoms with Gasteiger partial charge in [-0.3, -0.25) is 4.79 Å². The molecule has 2 N–H and O–H groups in total. The fraction of sp³-hybridized carbons (Fsp3) is 0.167. The third kappa shape index (κ3) is 6.34. The van der Waals surface area contributed by atoms with E-state index in [9.17, 15) is 18.0 Å². The largest absolute Gasteiger partial charge is 0.495 e. The number of nitrogens with one attached hydrogen (secondary N) is 2. The van der Waals surface area contributed by atoms with Crippen molar-refractivity contribution in [2.45, 2.75) is 17.4 Å². The van der Waals surface area contributed by atoms with Crippen LogP contribution in [0.5, 0.6) is 5.75 Å². The molecule has 178 valence electrons. The van der Waals surface area contributed by atoms with E-state index in [4.69, 9.17) is 16.3 Å². The highest BCUT2D eigenvalue weighted by molar-refractivity contribution is 7.89. The minimum absolute atomic E-state index is 0.0918. The van der Waals surface area contributed by atoms with Crippen molar-refractivity contribution in [2.24, 2.45) is 0 Å². The number of esters is 1. The van der Waals surface area contributed by atoms with Crippen molar-refractivity contribution in [1.29, 1.82) is 0 Å². The van der Waals surface area contributed by atoms with Crippen molar-refractivity contribution >= 4 is 39.2 Å². The number of halogens is 1. The van der Waals surface area contributed by atoms with Crippen LogP contribution in [0, 0.1) is 0 Å². The Morgan fingerprint density at radius 1 is 0.971 bits per heavy atom. The molecule has 1 amide bonds. The first kappa shape index (κ1) is 25.2. The number of carbonyl (C=O) groups excluding carboxylic acids is 2. The van der Waals surface area contributed by atoms with Gasteiger partial charge in [-0.2, -0.15) is 4.72 Å². The number of ether oxygens (including phenoxy) is 2. The van der Waals surface area contributed by atoms with Gasteiger partial charge in [0.15, 0.2) is 0 Å². The summed E-state index contributed by atoms with van der Waals surface area (Å²) in [5.41, 5.74) is 1.45. The number of amides is 1. The van der Waals surface area contributed by atoms with E-state index in [2.05, 4.69) is 14.8 Å². The third-order valence-corrected chi connectivity index (χ3v) is 6.61. The van der Waals surface area contributed by atoms with Crippen LogP contribution >= 0.6 is 11.6 Å². The number of hydrogen-bond acceptors (Lipinski definition) is 6. The first-order chi connectivity index (χ1) is 16.2. The highest BCUT2D eigenvalue weighted by Crippen LogP contribution is 2.27. The van der Waals surface area contributed by atoms with Gasteiger partial charge in [-0.25, -0.2) is 13.2 Å². The second-order valence-electron chi connectivity index (χ2n) is 7.22. The monoisotopic (exact) mass is 502 g/mol. The first-order valence-electron chi connectivity index (χ1n) is 10.1. The molecule has 1 atom stereocenters. The van der Waals surface area contributed by atoms with Gasteiger partial charge in [0.2, 0.25) is 15.9 Å². The summed E-state index contributed by atoms with van der Waals surface area (Å²) in [6, 6.07) is 18.1. The van der Waals surface area contributed by atoms with Crippen molar-refractivity contribution in [2.75, 3.05) is 19.5 Å². The second kappa shape index (κ2) is 11.1. The molecule has 0 radical (unpaired) electrons. The van der Waals surface area contributed by atoms with Gasteiger partial charge in [-0.05, 0) is 54.4 Å². The van der Waals surface area contributed by atoms with Gasteiger partial charge in [-0.15, -0.1) is 0 Å². The van der Waals surface area contributed by atoms with Crippen LogP contribution in [0.2, 0.25) is 5.02 Å². The van der Waals surface area contributed by atoms with Crippen LogP contribution in [-0.4, -0.2) is 40.6 Å². The first-order valence-corrected chi connectivity index (χ1v) is 12.0. The van der Waals surface area contributed by atoms with Gasteiger partial charge in [0, 0.05) is 10.7 Å². The fourth-order valence-corrected chi connectivity index (χ4v) is 4.81. The Kier molecular flexibility index (Phi) is 8.27. The maximum Gasteiger partial charge on any atom is 0.337 e. The molecular weight excluding hydrogens is 480 g/mol. The molecule has 0 fully saturated rings. The number of rotatable bonds is 9. The average Bonchev–Trinajstić information content (AvgIpc) is 2.84. The summed E-state index contributed by atoms with van der Waals surface area (Å²) in [7, 11) is -1.57. The minimum atomic E-state index is -4.18. The molecule has 3 rings (SSSR count). The molecule has 3 aromatic rings. The molecule has 0 aliphatic rings. The smallest absolute Gasteiger partial charge is 0.337 e. The predicted molar refractivity (Wildman–Crippen MR) is 129 cm³/mol. The van der Waals surface area contributed by atoms with Crippen LogP contribution < -0.4 is 14.8 Å². The van der Waals surface area contributed by atoms with E-state index in [1.165, 1.54) is 56.7 Å². The Morgan fingerprint density at radius 3 is 2.26 bits per heavy atom. The molecule has 0 spiro atoms. The van der Waals surface area contributed by atoms with Crippen LogP contribution in [0.1, 0.15) is 15.9 Å². The maximum atomic E-state index is 13.2. The van der Waals surface area contributed by atoms with Gasteiger partial charge in [0.05, 0.1) is 19.8 Å². The number of hydrogen-bond donors (Lipinski definition) is 2. The van der Waals surface area contributed by atoms with Gasteiger partial charge < -0.3 is 14.8 Å². The number of benzene rings is 3. The molecular formula is C24H23ClN2O6S. The average molecular weight is 503 g/mol. The molecule has 0 heterocycles. The summed E-state index contributed by atoms with van der Waals surface area (Å²) in [6.07, 6.45) is 0.0923. The number of sulfonamides is 1. The molecule has 34 heavy (non-hydrogen) atoms. The Hall–Kier alpha value is -3.40. The number of anilines is 1. The quantitative estimate of drug-likeness (QED) is 0.432. The van der Waals surface area contributed by atoms with Crippen LogP contribution in [-0.2, 0) is 26.0 Å². The van der Waals surface area contributed by atoms with Crippen molar-refractivity contribution in [1.82, 2.24) is 4.72 Å². The van der Waals surface area contributed by atoms with E-state index in [1.807, 2.05) is 6.07 Å². The standard InChI is InChI=1S/C24H23ClN2O6S/c1-32-21-13-10-18(25)15-22(21)34(30,31)27-20(14-16-6-4-3-5-7-16)23(28)26-19-11-8-17(9-12-19)24(29)33-2/h3-13,15,20,27H,14H2,1-2H3,(H,26,28). The SMILES string of the molecule is COC(=O)c1ccc(NC(=O)C(Cc2ccccc2)NS(=O)(=O)c2cc(Cl)ccc2OC)cc1. The zero-order valence-corrected chi connectivity index (χ0v) is 20.0. The van der Waals surface area contributed by atoms with Gasteiger partial charge >= 0.3 is 5.97 Å². The molecule has 3 aromatic carbocycles. The van der Waals surface area contributed by atoms with Crippen molar-refractivity contribution in [3.8, 4) is 5.75 Å². The summed E-state index contributed by atoms with van der Waals surface area (Å²) in [5, 5.41) is 2.89. The van der Waals surface area contributed by atoms with E-state index in [0.717, 1.165) is 5.56 Å². The van der Waals surface area contributed by atoms with E-state index in [-0.39, 0.29) is 22.1 Å². The minimum Gasteiger partial charge on any atom is -0.495 e. The topological polar surface area (TPSA) is 111 Å². The van der Waals surface area contributed by atoms with Crippen molar-refractivity contribution < 1.29 is 27.5 Å². The van der Waals surface area contributed by atoms with Crippen LogP contribution in [0.15, 0.2) is 77.7 Å². The number of methoxy groups -OCH3 is 2. The van der Waals surface area contributed by atoms with E-state index < -0.39 is 27.9 Å². The van der Waals surface area contributed by atoms with Crippen molar-refractivity contribution in [3.63, 3.8) is 0 Å². The molecule has 8 nitrogen and oxygen atoms in total. The van der Waals surface area contributed by atoms with Gasteiger partial charge in [0.1, 0.15) is 16.7 Å². The zero-order valence-electron chi connectivity index (χ0n) is 18.4. The lowest BCUT2D eigenvalue weighted by molar-refractivity contribution is -0.117. The summed E-state index contributed by atoms with van der Waals surface area (Å²) in [5.74, 6) is -1.00. The fourth-order valence-electron chi connectivity index (χ4n) is 3.19. The summed E-state index contributed by atoms with van der Waals surface area (Å²) < 4.78 is 38.7. The number of carbonyl (C=O) groups is 2. The summed E-state index contributed by atoms with van der Waals surface area (Å²) in [4.78, 5) is 24.6. The molecule has 1 unspecified atom stereocenters. The lowest BCUT2D eigenvalue weighted by Gasteiger charge is -2.20. The highest BCUT2D eigenvalue weighted by Gasteiger charge is 2.28. The second-order valence-corrected chi connectivity index (χ2v) is 9.34. The third-order valence-electron chi connectivity index (χ3n) is 4.89. The Morgan fingerprint density at radius 2 is 1.65 bits per heavy atom. The molecule has 0 aliphatic carbocycles. The molecule has 10 heteroatoms. The molecule has 0 saturated heterocycles. The van der Waals surface area contributed by atoms with E-state index in [0.29, 0.717) is 11.3 Å². The van der Waals surface area contributed by atoms with Crippen LogP contribution in [0.25, 0.3) is 0 Å². The highest BCUT2D eigenvalue weighted by atomic mass is 35.5. The lowest BCUT2D eigenvalue weighted by atomic mass is 10.1. The van der Waals surface area contributed by atoms with Crippen LogP contribution in [0.3, 0.4) is 0 Å². The molecule has 0 aliphatic heterocycles. The lowest BCUT2D eigenvalue weighted by Crippen LogP contribution is -2.45. The Labute approximate surface area is 202 Å². The molecule has 0 aromatic heterocycles. The van der Waals surface area contributed by atoms with Crippen molar-refractivity contribution in [3.05, 3.63) is 88.9 Å². The van der Waals surface area contributed by atoms with Crippen LogP contribution in [0.4, 0.5) is 5.69 Å².